The number of nitrogens with zero attached hydrogens (tertiary/aromatic N) is 3. The highest BCUT2D eigenvalue weighted by Gasteiger charge is 2.13. The predicted octanol–water partition coefficient (Wildman–Crippen LogP) is 5.58. The number of allylic oxidation sites excluding steroid dienone is 3. The van der Waals surface area contributed by atoms with E-state index in [0.29, 0.717) is 24.5 Å². The summed E-state index contributed by atoms with van der Waals surface area (Å²) in [6, 6.07) is 12.4. The lowest BCUT2D eigenvalue weighted by atomic mass is 10.1. The monoisotopic (exact) mass is 572 g/mol. The zero-order valence-electron chi connectivity index (χ0n) is 24.9. The summed E-state index contributed by atoms with van der Waals surface area (Å²) in [7, 11) is 3.60. The molecule has 1 saturated heterocycles. The molecule has 0 aliphatic carbocycles. The van der Waals surface area contributed by atoms with E-state index in [1.807, 2.05) is 19.2 Å². The Balaban J connectivity index is 0.000000467. The molecule has 9 nitrogen and oxygen atoms in total. The number of nitrogens with one attached hydrogen (secondary N) is 3. The second kappa shape index (κ2) is 18.1. The van der Waals surface area contributed by atoms with E-state index < -0.39 is 0 Å². The molecule has 1 aliphatic rings. The molecule has 1 aromatic heterocycles. The average Bonchev–Trinajstić information content (AvgIpc) is 3.03. The Kier molecular flexibility index (Phi) is 13.9. The van der Waals surface area contributed by atoms with Crippen molar-refractivity contribution in [3.8, 4) is 11.5 Å². The van der Waals surface area contributed by atoms with Gasteiger partial charge in [0.2, 0.25) is 6.41 Å². The van der Waals surface area contributed by atoms with Crippen molar-refractivity contribution >= 4 is 28.8 Å². The van der Waals surface area contributed by atoms with Crippen molar-refractivity contribution in [3.05, 3.63) is 85.4 Å². The highest BCUT2D eigenvalue weighted by atomic mass is 16.5. The van der Waals surface area contributed by atoms with E-state index in [0.717, 1.165) is 54.1 Å². The topological polar surface area (TPSA) is 101 Å². The lowest BCUT2D eigenvalue weighted by Crippen LogP contribution is -2.31. The third kappa shape index (κ3) is 10.2. The van der Waals surface area contributed by atoms with E-state index in [1.54, 1.807) is 25.6 Å². The zero-order chi connectivity index (χ0) is 30.0. The number of aromatic nitrogens is 2. The van der Waals surface area contributed by atoms with E-state index in [4.69, 9.17) is 9.47 Å². The Bertz CT molecular complexity index is 1300. The number of rotatable bonds is 15. The molecule has 0 spiro atoms. The van der Waals surface area contributed by atoms with Gasteiger partial charge in [0.25, 0.3) is 0 Å². The molecule has 1 aliphatic heterocycles. The van der Waals surface area contributed by atoms with Gasteiger partial charge in [-0.3, -0.25) is 4.79 Å². The lowest BCUT2D eigenvalue weighted by molar-refractivity contribution is -0.108. The zero-order valence-corrected chi connectivity index (χ0v) is 24.9. The fourth-order valence-electron chi connectivity index (χ4n) is 4.66. The summed E-state index contributed by atoms with van der Waals surface area (Å²) in [6.07, 6.45) is 12.9. The van der Waals surface area contributed by atoms with Crippen LogP contribution in [0.4, 0.5) is 11.5 Å². The van der Waals surface area contributed by atoms with Gasteiger partial charge in [-0.2, -0.15) is 0 Å². The van der Waals surface area contributed by atoms with E-state index in [-0.39, 0.29) is 0 Å². The Morgan fingerprint density at radius 3 is 2.52 bits per heavy atom. The minimum atomic E-state index is 0.594. The molecule has 224 valence electrons. The highest BCUT2D eigenvalue weighted by molar-refractivity contribution is 5.91. The molecule has 2 aromatic carbocycles. The molecule has 0 unspecified atom stereocenters. The van der Waals surface area contributed by atoms with Crippen LogP contribution in [-0.2, 0) is 11.2 Å². The Morgan fingerprint density at radius 2 is 1.86 bits per heavy atom. The quantitative estimate of drug-likeness (QED) is 0.123. The van der Waals surface area contributed by atoms with Gasteiger partial charge < -0.3 is 30.3 Å². The fraction of sp³-hybridized carbons (Fsp3) is 0.364. The number of hydrogen-bond donors (Lipinski definition) is 3. The first-order valence-electron chi connectivity index (χ1n) is 14.5. The Hall–Kier alpha value is -4.37. The first kappa shape index (κ1) is 32.1. The van der Waals surface area contributed by atoms with Crippen LogP contribution in [0, 0.1) is 0 Å². The molecule has 0 radical (unpaired) electrons. The van der Waals surface area contributed by atoms with Crippen LogP contribution in [0.5, 0.6) is 11.5 Å². The molecule has 0 atom stereocenters. The summed E-state index contributed by atoms with van der Waals surface area (Å²) < 4.78 is 11.7. The van der Waals surface area contributed by atoms with Gasteiger partial charge in [-0.05, 0) is 74.7 Å². The van der Waals surface area contributed by atoms with Gasteiger partial charge >= 0.3 is 0 Å². The third-order valence-corrected chi connectivity index (χ3v) is 6.94. The molecule has 0 bridgehead atoms. The highest BCUT2D eigenvalue weighted by Crippen LogP contribution is 2.34. The molecule has 3 aromatic rings. The minimum absolute atomic E-state index is 0.594. The number of amides is 1. The number of fused-ring (bicyclic) bond motifs is 1. The largest absolute Gasteiger partial charge is 0.493 e. The summed E-state index contributed by atoms with van der Waals surface area (Å²) in [5.74, 6) is 2.25. The number of likely N-dealkylation sites (tertiary alicyclic amines) is 1. The maximum absolute atomic E-state index is 9.81. The maximum Gasteiger partial charge on any atom is 0.211 e. The third-order valence-electron chi connectivity index (χ3n) is 6.94. The van der Waals surface area contributed by atoms with Gasteiger partial charge in [-0.15, -0.1) is 0 Å². The van der Waals surface area contributed by atoms with Crippen LogP contribution in [0.15, 0.2) is 79.8 Å². The van der Waals surface area contributed by atoms with E-state index in [9.17, 15) is 4.79 Å². The summed E-state index contributed by atoms with van der Waals surface area (Å²) in [5.41, 5.74) is 3.89. The molecule has 4 rings (SSSR count). The minimum Gasteiger partial charge on any atom is -0.493 e. The predicted molar refractivity (Wildman–Crippen MR) is 172 cm³/mol. The van der Waals surface area contributed by atoms with Crippen molar-refractivity contribution in [3.63, 3.8) is 0 Å². The molecule has 2 heterocycles. The second-order valence-corrected chi connectivity index (χ2v) is 9.79. The molecular formula is C33H44N6O3. The van der Waals surface area contributed by atoms with Gasteiger partial charge in [-0.25, -0.2) is 9.97 Å². The first-order valence-corrected chi connectivity index (χ1v) is 14.5. The van der Waals surface area contributed by atoms with Crippen LogP contribution in [-0.4, -0.2) is 68.2 Å². The summed E-state index contributed by atoms with van der Waals surface area (Å²) in [4.78, 5) is 21.3. The number of methoxy groups -OCH3 is 1. The fourth-order valence-corrected chi connectivity index (χ4v) is 4.66. The number of carbonyl (C=O) groups excluding carboxylic acids is 1. The summed E-state index contributed by atoms with van der Waals surface area (Å²) in [6.45, 7) is 11.9. The van der Waals surface area contributed by atoms with Crippen LogP contribution < -0.4 is 25.4 Å². The number of piperidine rings is 1. The number of ether oxygens (including phenoxy) is 2. The molecule has 1 amide bonds. The number of hydrogen-bond acceptors (Lipinski definition) is 8. The van der Waals surface area contributed by atoms with Crippen molar-refractivity contribution in [1.29, 1.82) is 0 Å². The standard InChI is InChI=1S/C26H35N5O2.C7H9NO/c1-27-21-9-7-20(8-10-21)11-12-28-26-22-17-24(32-2)25(18-23(22)29-19-30-26)33-16-6-15-31-13-4-3-5-14-31;1-3-5-7(4-2)8-6-9/h7-10,17-19,27H,3-6,11-16H2,1-2H3,(H,28,29,30);3-6H,1-2H2,(H,8,9)/b;7-5+. The normalized spacial score (nSPS) is 13.3. The van der Waals surface area contributed by atoms with Crippen LogP contribution in [0.2, 0.25) is 0 Å². The van der Waals surface area contributed by atoms with Crippen molar-refractivity contribution in [2.24, 2.45) is 0 Å². The summed E-state index contributed by atoms with van der Waals surface area (Å²) >= 11 is 0. The lowest BCUT2D eigenvalue weighted by Gasteiger charge is -2.26. The number of benzene rings is 2. The van der Waals surface area contributed by atoms with Gasteiger partial charge in [0.15, 0.2) is 11.5 Å². The molecule has 42 heavy (non-hydrogen) atoms. The van der Waals surface area contributed by atoms with Gasteiger partial charge in [0.05, 0.1) is 19.2 Å². The van der Waals surface area contributed by atoms with Crippen LogP contribution in [0.1, 0.15) is 31.2 Å². The Morgan fingerprint density at radius 1 is 1.07 bits per heavy atom. The van der Waals surface area contributed by atoms with Gasteiger partial charge in [0, 0.05) is 43.0 Å². The molecule has 1 fully saturated rings. The van der Waals surface area contributed by atoms with Crippen LogP contribution >= 0.6 is 0 Å². The molecule has 9 heteroatoms. The second-order valence-electron chi connectivity index (χ2n) is 9.79. The van der Waals surface area contributed by atoms with E-state index >= 15 is 0 Å². The average molecular weight is 573 g/mol. The Labute approximate surface area is 249 Å². The van der Waals surface area contributed by atoms with Gasteiger partial charge in [-0.1, -0.05) is 37.8 Å². The SMILES string of the molecule is C=C/C=C(\C=C)NC=O.CNc1ccc(CCNc2ncnc3cc(OCCCN4CCCCC4)c(OC)cc23)cc1. The number of carbonyl (C=O) groups is 1. The molecule has 3 N–H and O–H groups in total. The maximum atomic E-state index is 9.81. The summed E-state index contributed by atoms with van der Waals surface area (Å²) in [5, 5.41) is 9.96. The van der Waals surface area contributed by atoms with Crippen LogP contribution in [0.3, 0.4) is 0 Å². The number of anilines is 2. The van der Waals surface area contributed by atoms with Crippen molar-refractivity contribution in [2.75, 3.05) is 57.6 Å². The van der Waals surface area contributed by atoms with Crippen LogP contribution in [0.25, 0.3) is 10.9 Å². The van der Waals surface area contributed by atoms with E-state index in [2.05, 4.69) is 68.2 Å². The smallest absolute Gasteiger partial charge is 0.211 e. The van der Waals surface area contributed by atoms with Crippen molar-refractivity contribution < 1.29 is 14.3 Å². The first-order chi connectivity index (χ1) is 20.6. The van der Waals surface area contributed by atoms with Crippen molar-refractivity contribution in [1.82, 2.24) is 20.2 Å². The molecular weight excluding hydrogens is 528 g/mol. The molecule has 0 saturated carbocycles. The van der Waals surface area contributed by atoms with Crippen molar-refractivity contribution in [2.45, 2.75) is 32.1 Å². The van der Waals surface area contributed by atoms with Gasteiger partial charge in [0.1, 0.15) is 12.1 Å². The van der Waals surface area contributed by atoms with E-state index in [1.165, 1.54) is 44.0 Å².